The lowest BCUT2D eigenvalue weighted by atomic mass is 9.96. The molecule has 0 aromatic rings. The Bertz CT molecular complexity index is 306. The molecule has 0 aliphatic carbocycles. The third kappa shape index (κ3) is 3.93. The number of hydrogen-bond acceptors (Lipinski definition) is 3. The van der Waals surface area contributed by atoms with Gasteiger partial charge in [-0.2, -0.15) is 0 Å². The van der Waals surface area contributed by atoms with E-state index in [4.69, 9.17) is 5.73 Å². The molecule has 0 saturated carbocycles. The fraction of sp³-hybridized carbons (Fsp3) is 0.933. The number of hydrogen-bond donors (Lipinski definition) is 1. The zero-order chi connectivity index (χ0) is 13.8. The fourth-order valence-electron chi connectivity index (χ4n) is 3.50. The van der Waals surface area contributed by atoms with E-state index in [1.165, 1.54) is 19.3 Å². The molecule has 4 nitrogen and oxygen atoms in total. The maximum atomic E-state index is 12.4. The van der Waals surface area contributed by atoms with Crippen molar-refractivity contribution in [3.8, 4) is 0 Å². The van der Waals surface area contributed by atoms with Crippen molar-refractivity contribution >= 4 is 5.91 Å². The molecule has 2 N–H and O–H groups in total. The molecule has 4 heteroatoms. The van der Waals surface area contributed by atoms with Gasteiger partial charge in [0.25, 0.3) is 0 Å². The van der Waals surface area contributed by atoms with Gasteiger partial charge >= 0.3 is 0 Å². The lowest BCUT2D eigenvalue weighted by Crippen LogP contribution is -2.53. The number of piperidine rings is 2. The van der Waals surface area contributed by atoms with Crippen LogP contribution in [0.2, 0.25) is 0 Å². The Morgan fingerprint density at radius 3 is 2.74 bits per heavy atom. The Morgan fingerprint density at radius 2 is 2.05 bits per heavy atom. The van der Waals surface area contributed by atoms with Gasteiger partial charge in [0.05, 0.1) is 6.54 Å². The number of carbonyl (C=O) groups excluding carboxylic acids is 1. The predicted octanol–water partition coefficient (Wildman–Crippen LogP) is 1.45. The SMILES string of the molecule is CC1CCCN(C(=O)CN2CCCCC2C(C)N)C1. The van der Waals surface area contributed by atoms with E-state index in [1.807, 2.05) is 0 Å². The summed E-state index contributed by atoms with van der Waals surface area (Å²) in [6.45, 7) is 7.79. The molecule has 2 rings (SSSR count). The number of rotatable bonds is 3. The van der Waals surface area contributed by atoms with Crippen LogP contribution in [0, 0.1) is 5.92 Å². The second-order valence-corrected chi connectivity index (χ2v) is 6.48. The van der Waals surface area contributed by atoms with Crippen molar-refractivity contribution in [2.75, 3.05) is 26.2 Å². The fourth-order valence-corrected chi connectivity index (χ4v) is 3.50. The Kier molecular flexibility index (Phi) is 5.22. The van der Waals surface area contributed by atoms with Gasteiger partial charge in [-0.1, -0.05) is 13.3 Å². The number of carbonyl (C=O) groups is 1. The Balaban J connectivity index is 1.89. The van der Waals surface area contributed by atoms with Crippen molar-refractivity contribution in [1.29, 1.82) is 0 Å². The van der Waals surface area contributed by atoms with Crippen LogP contribution in [0.4, 0.5) is 0 Å². The molecule has 0 bridgehead atoms. The summed E-state index contributed by atoms with van der Waals surface area (Å²) in [5.41, 5.74) is 6.07. The van der Waals surface area contributed by atoms with Gasteiger partial charge in [-0.25, -0.2) is 0 Å². The molecule has 2 fully saturated rings. The predicted molar refractivity (Wildman–Crippen MR) is 77.8 cm³/mol. The van der Waals surface area contributed by atoms with E-state index in [-0.39, 0.29) is 6.04 Å². The van der Waals surface area contributed by atoms with Crippen molar-refractivity contribution in [2.45, 2.75) is 58.0 Å². The lowest BCUT2D eigenvalue weighted by molar-refractivity contribution is -0.135. The molecule has 3 atom stereocenters. The van der Waals surface area contributed by atoms with Gasteiger partial charge in [-0.3, -0.25) is 9.69 Å². The molecule has 2 aliphatic heterocycles. The molecule has 3 unspecified atom stereocenters. The third-order valence-corrected chi connectivity index (χ3v) is 4.62. The molecule has 0 radical (unpaired) electrons. The second-order valence-electron chi connectivity index (χ2n) is 6.48. The van der Waals surface area contributed by atoms with Crippen LogP contribution >= 0.6 is 0 Å². The summed E-state index contributed by atoms with van der Waals surface area (Å²) < 4.78 is 0. The normalized spacial score (nSPS) is 31.2. The topological polar surface area (TPSA) is 49.6 Å². The average Bonchev–Trinajstić information content (AvgIpc) is 2.39. The molecular weight excluding hydrogens is 238 g/mol. The molecule has 1 amide bonds. The summed E-state index contributed by atoms with van der Waals surface area (Å²) in [6.07, 6.45) is 6.01. The highest BCUT2D eigenvalue weighted by atomic mass is 16.2. The van der Waals surface area contributed by atoms with Gasteiger partial charge in [-0.05, 0) is 45.1 Å². The zero-order valence-corrected chi connectivity index (χ0v) is 12.5. The highest BCUT2D eigenvalue weighted by Crippen LogP contribution is 2.20. The van der Waals surface area contributed by atoms with Crippen LogP contribution in [0.25, 0.3) is 0 Å². The van der Waals surface area contributed by atoms with Crippen LogP contribution < -0.4 is 5.73 Å². The molecule has 0 aromatic carbocycles. The number of amides is 1. The quantitative estimate of drug-likeness (QED) is 0.842. The van der Waals surface area contributed by atoms with Crippen molar-refractivity contribution in [2.24, 2.45) is 11.7 Å². The largest absolute Gasteiger partial charge is 0.341 e. The minimum absolute atomic E-state index is 0.161. The molecule has 2 aliphatic rings. The van der Waals surface area contributed by atoms with Crippen LogP contribution in [0.5, 0.6) is 0 Å². The van der Waals surface area contributed by atoms with Gasteiger partial charge in [0.1, 0.15) is 0 Å². The third-order valence-electron chi connectivity index (χ3n) is 4.62. The zero-order valence-electron chi connectivity index (χ0n) is 12.5. The molecule has 2 saturated heterocycles. The molecular formula is C15H29N3O. The van der Waals surface area contributed by atoms with E-state index in [1.54, 1.807) is 0 Å². The van der Waals surface area contributed by atoms with Crippen molar-refractivity contribution in [3.05, 3.63) is 0 Å². The summed E-state index contributed by atoms with van der Waals surface area (Å²) in [7, 11) is 0. The monoisotopic (exact) mass is 267 g/mol. The van der Waals surface area contributed by atoms with Crippen LogP contribution in [0.1, 0.15) is 46.0 Å². The van der Waals surface area contributed by atoms with E-state index in [0.29, 0.717) is 24.4 Å². The van der Waals surface area contributed by atoms with Gasteiger partial charge in [0.2, 0.25) is 5.91 Å². The summed E-state index contributed by atoms with van der Waals surface area (Å²) >= 11 is 0. The van der Waals surface area contributed by atoms with Crippen molar-refractivity contribution in [1.82, 2.24) is 9.80 Å². The second kappa shape index (κ2) is 6.71. The van der Waals surface area contributed by atoms with Crippen LogP contribution in [-0.4, -0.2) is 54.0 Å². The average molecular weight is 267 g/mol. The van der Waals surface area contributed by atoms with Crippen molar-refractivity contribution in [3.63, 3.8) is 0 Å². The first kappa shape index (κ1) is 14.8. The van der Waals surface area contributed by atoms with E-state index in [0.717, 1.165) is 32.5 Å². The summed E-state index contributed by atoms with van der Waals surface area (Å²) in [5, 5.41) is 0. The number of likely N-dealkylation sites (tertiary alicyclic amines) is 2. The maximum absolute atomic E-state index is 12.4. The summed E-state index contributed by atoms with van der Waals surface area (Å²) in [4.78, 5) is 16.8. The van der Waals surface area contributed by atoms with E-state index in [9.17, 15) is 4.79 Å². The first-order chi connectivity index (χ1) is 9.08. The molecule has 110 valence electrons. The number of nitrogens with zero attached hydrogens (tertiary/aromatic N) is 2. The van der Waals surface area contributed by atoms with Gasteiger partial charge in [0, 0.05) is 25.2 Å². The smallest absolute Gasteiger partial charge is 0.236 e. The first-order valence-electron chi connectivity index (χ1n) is 7.85. The van der Waals surface area contributed by atoms with Gasteiger partial charge < -0.3 is 10.6 Å². The molecule has 0 aromatic heterocycles. The lowest BCUT2D eigenvalue weighted by Gasteiger charge is -2.39. The minimum atomic E-state index is 0.161. The van der Waals surface area contributed by atoms with Crippen molar-refractivity contribution < 1.29 is 4.79 Å². The van der Waals surface area contributed by atoms with Gasteiger partial charge in [0.15, 0.2) is 0 Å². The molecule has 2 heterocycles. The van der Waals surface area contributed by atoms with Crippen LogP contribution in [0.3, 0.4) is 0 Å². The number of nitrogens with two attached hydrogens (primary N) is 1. The maximum Gasteiger partial charge on any atom is 0.236 e. The first-order valence-corrected chi connectivity index (χ1v) is 7.85. The molecule has 0 spiro atoms. The Hall–Kier alpha value is -0.610. The standard InChI is InChI=1S/C15H29N3O/c1-12-6-5-9-18(10-12)15(19)11-17-8-4-3-7-14(17)13(2)16/h12-14H,3-11,16H2,1-2H3. The van der Waals surface area contributed by atoms with E-state index < -0.39 is 0 Å². The van der Waals surface area contributed by atoms with Gasteiger partial charge in [-0.15, -0.1) is 0 Å². The highest BCUT2D eigenvalue weighted by molar-refractivity contribution is 5.78. The Morgan fingerprint density at radius 1 is 1.26 bits per heavy atom. The van der Waals surface area contributed by atoms with Crippen LogP contribution in [0.15, 0.2) is 0 Å². The minimum Gasteiger partial charge on any atom is -0.341 e. The highest BCUT2D eigenvalue weighted by Gasteiger charge is 2.29. The van der Waals surface area contributed by atoms with E-state index in [2.05, 4.69) is 23.6 Å². The molecule has 19 heavy (non-hydrogen) atoms. The van der Waals surface area contributed by atoms with E-state index >= 15 is 0 Å². The Labute approximate surface area is 117 Å². The van der Waals surface area contributed by atoms with Crippen LogP contribution in [-0.2, 0) is 4.79 Å². The summed E-state index contributed by atoms with van der Waals surface area (Å²) in [6, 6.07) is 0.549. The summed E-state index contributed by atoms with van der Waals surface area (Å²) in [5.74, 6) is 0.961.